The third kappa shape index (κ3) is 101. The van der Waals surface area contributed by atoms with Gasteiger partial charge in [-0.05, 0) is 46.0 Å². The van der Waals surface area contributed by atoms with Crippen molar-refractivity contribution in [1.82, 2.24) is 0 Å². The predicted molar refractivity (Wildman–Crippen MR) is 157 cm³/mol. The number of hydrogen-bond donors (Lipinski definition) is 0. The molecule has 0 saturated heterocycles. The minimum atomic E-state index is -1.11. The summed E-state index contributed by atoms with van der Waals surface area (Å²) < 4.78 is 4.82. The van der Waals surface area contributed by atoms with Gasteiger partial charge in [0, 0.05) is 5.88 Å². The fourth-order valence-electron chi connectivity index (χ4n) is 1.29. The molecule has 2 fully saturated rings. The van der Waals surface area contributed by atoms with Crippen molar-refractivity contribution in [3.63, 3.8) is 0 Å². The zero-order valence-electron chi connectivity index (χ0n) is 24.7. The molecule has 0 aromatic rings. The predicted octanol–water partition coefficient (Wildman–Crippen LogP) is 3.63. The summed E-state index contributed by atoms with van der Waals surface area (Å²) in [7, 11) is -2.21. The maximum absolute atomic E-state index is 10.1. The molecule has 0 spiro atoms. The van der Waals surface area contributed by atoms with Crippen LogP contribution in [-0.4, -0.2) is 28.0 Å². The number of alkyl halides is 1. The first-order valence-electron chi connectivity index (χ1n) is 11.3. The first kappa shape index (κ1) is 49.8. The molecule has 2 saturated carbocycles. The van der Waals surface area contributed by atoms with Crippen LogP contribution in [0, 0.1) is 0 Å². The molecule has 0 amide bonds. The van der Waals surface area contributed by atoms with E-state index in [2.05, 4.69) is 72.0 Å². The molecule has 3 aliphatic carbocycles. The van der Waals surface area contributed by atoms with Crippen LogP contribution in [-0.2, 0) is 0 Å². The van der Waals surface area contributed by atoms with E-state index >= 15 is 0 Å². The maximum Gasteiger partial charge on any atom is 1.00 e. The molecule has 0 radical (unpaired) electrons. The smallest absolute Gasteiger partial charge is 0.850 e. The van der Waals surface area contributed by atoms with Crippen LogP contribution >= 0.6 is 11.6 Å². The van der Waals surface area contributed by atoms with E-state index in [4.69, 9.17) is 16.2 Å². The second kappa shape index (κ2) is 26.1. The fraction of sp³-hybridized carbons (Fsp3) is 0.704. The van der Waals surface area contributed by atoms with E-state index in [1.165, 1.54) is 43.3 Å². The molecule has 192 valence electrons. The molecule has 0 aliphatic heterocycles. The van der Waals surface area contributed by atoms with Gasteiger partial charge in [-0.15, -0.1) is 17.2 Å². The minimum absolute atomic E-state index is 0. The average Bonchev–Trinajstić information content (AvgIpc) is 3.32. The Labute approximate surface area is 308 Å². The van der Waals surface area contributed by atoms with Crippen molar-refractivity contribution in [2.24, 2.45) is 0 Å². The SMILES string of the molecule is C.C=C(C)CCl.C=C1CC1.C=C1CC1.CC(C)(C)[O-].CC1=CC1.C[Si](C)(C)[N-][Si](C)(C)C.[K+].[K+]. The number of rotatable bonds is 3. The first-order chi connectivity index (χ1) is 13.7. The van der Waals surface area contributed by atoms with Gasteiger partial charge in [0.15, 0.2) is 0 Å². The first-order valence-corrected chi connectivity index (χ1v) is 18.7. The minimum Gasteiger partial charge on any atom is -0.850 e. The maximum atomic E-state index is 10.1. The normalized spacial score (nSPS) is 14.0. The zero-order chi connectivity index (χ0) is 25.5. The zero-order valence-corrected chi connectivity index (χ0v) is 33.7. The second-order valence-corrected chi connectivity index (χ2v) is 21.3. The third-order valence-electron chi connectivity index (χ3n) is 2.72. The van der Waals surface area contributed by atoms with Gasteiger partial charge in [0.25, 0.3) is 0 Å². The van der Waals surface area contributed by atoms with Crippen molar-refractivity contribution in [2.45, 2.75) is 119 Å². The second-order valence-electron chi connectivity index (χ2n) is 11.4. The van der Waals surface area contributed by atoms with Crippen LogP contribution in [0.4, 0.5) is 0 Å². The van der Waals surface area contributed by atoms with E-state index in [0.29, 0.717) is 5.88 Å². The van der Waals surface area contributed by atoms with Gasteiger partial charge in [-0.25, -0.2) is 0 Å². The summed E-state index contributed by atoms with van der Waals surface area (Å²) in [6.45, 7) is 33.6. The van der Waals surface area contributed by atoms with Crippen molar-refractivity contribution in [1.29, 1.82) is 0 Å². The molecule has 0 aromatic heterocycles. The van der Waals surface area contributed by atoms with Gasteiger partial charge in [-0.2, -0.15) is 0 Å². The van der Waals surface area contributed by atoms with Crippen molar-refractivity contribution < 1.29 is 108 Å². The molecule has 34 heavy (non-hydrogen) atoms. The fourth-order valence-corrected chi connectivity index (χ4v) is 9.33. The molecular weight excluding hydrogens is 524 g/mol. The molecule has 0 bridgehead atoms. The van der Waals surface area contributed by atoms with Crippen LogP contribution in [0.3, 0.4) is 0 Å². The number of allylic oxidation sites excluding steroid dienone is 5. The molecule has 3 aliphatic rings. The monoisotopic (exact) mass is 579 g/mol. The molecule has 3 rings (SSSR count). The van der Waals surface area contributed by atoms with E-state index in [-0.39, 0.29) is 110 Å². The van der Waals surface area contributed by atoms with Crippen LogP contribution in [0.1, 0.15) is 74.1 Å². The van der Waals surface area contributed by atoms with Gasteiger partial charge >= 0.3 is 103 Å². The summed E-state index contributed by atoms with van der Waals surface area (Å²) in [5.74, 6) is 0.583. The summed E-state index contributed by atoms with van der Waals surface area (Å²) >= 11 is 5.24. The molecule has 0 N–H and O–H groups in total. The summed E-state index contributed by atoms with van der Waals surface area (Å²) in [5.41, 5.74) is 4.65. The van der Waals surface area contributed by atoms with E-state index in [9.17, 15) is 5.11 Å². The van der Waals surface area contributed by atoms with E-state index in [1.807, 2.05) is 6.92 Å². The number of halogens is 1. The summed E-state index contributed by atoms with van der Waals surface area (Å²) in [6.07, 6.45) is 8.65. The average molecular weight is 581 g/mol. The van der Waals surface area contributed by atoms with Crippen molar-refractivity contribution in [3.05, 3.63) is 52.8 Å². The van der Waals surface area contributed by atoms with Crippen molar-refractivity contribution >= 4 is 28.1 Å². The molecule has 7 heteroatoms. The van der Waals surface area contributed by atoms with Gasteiger partial charge in [-0.1, -0.05) is 132 Å². The topological polar surface area (TPSA) is 37.2 Å². The number of hydrogen-bond acceptors (Lipinski definition) is 1. The Morgan fingerprint density at radius 2 is 1.09 bits per heavy atom. The molecular formula is C27H56ClK2NOSi2. The molecule has 2 nitrogen and oxygen atoms in total. The van der Waals surface area contributed by atoms with Gasteiger partial charge in [0.2, 0.25) is 0 Å². The van der Waals surface area contributed by atoms with Crippen LogP contribution in [0.25, 0.3) is 4.65 Å². The van der Waals surface area contributed by atoms with Crippen molar-refractivity contribution in [3.8, 4) is 0 Å². The Morgan fingerprint density at radius 3 is 1.09 bits per heavy atom. The summed E-state index contributed by atoms with van der Waals surface area (Å²) in [4.78, 5) is 0. The van der Waals surface area contributed by atoms with Crippen LogP contribution in [0.15, 0.2) is 48.1 Å². The Bertz CT molecular complexity index is 527. The van der Waals surface area contributed by atoms with Crippen LogP contribution in [0.5, 0.6) is 0 Å². The van der Waals surface area contributed by atoms with Crippen molar-refractivity contribution in [2.75, 3.05) is 5.88 Å². The Hall–Kier alpha value is 2.88. The molecule has 0 atom stereocenters. The summed E-state index contributed by atoms with van der Waals surface area (Å²) in [6, 6.07) is 0. The van der Waals surface area contributed by atoms with E-state index < -0.39 is 22.1 Å². The quantitative estimate of drug-likeness (QED) is 0.286. The number of nitrogens with zero attached hydrogens (tertiary/aromatic N) is 1. The van der Waals surface area contributed by atoms with Gasteiger partial charge < -0.3 is 9.75 Å². The Kier molecular flexibility index (Phi) is 38.2. The molecule has 0 aromatic carbocycles. The van der Waals surface area contributed by atoms with Gasteiger partial charge in [0.05, 0.1) is 0 Å². The standard InChI is InChI=1S/C6H18NSi2.C4H7Cl.C4H9O.3C4H6.CH4.2K/c1-8(2,3)7-9(4,5)6;1-4(2)3-5;1-4(2,3)5;3*1-4-2-3-4;;;/h1-6H3;1,3H2,2H3;1-3H3;2H,3H2,1H3;2*1-3H2;1H4;;/q-1;;-1;;;;;2*+1. The summed E-state index contributed by atoms with van der Waals surface area (Å²) in [5, 5.41) is 10.1. The molecule has 0 unspecified atom stereocenters. The largest absolute Gasteiger partial charge is 1.00 e. The van der Waals surface area contributed by atoms with Gasteiger partial charge in [0.1, 0.15) is 0 Å². The van der Waals surface area contributed by atoms with Gasteiger partial charge in [-0.3, -0.25) is 0 Å². The van der Waals surface area contributed by atoms with Crippen LogP contribution < -0.4 is 108 Å². The Balaban J connectivity index is -0.0000000697. The Morgan fingerprint density at radius 1 is 0.941 bits per heavy atom. The van der Waals surface area contributed by atoms with E-state index in [1.54, 1.807) is 26.3 Å². The van der Waals surface area contributed by atoms with Crippen LogP contribution in [0.2, 0.25) is 39.3 Å². The molecule has 0 heterocycles. The third-order valence-corrected chi connectivity index (χ3v) is 8.54. The van der Waals surface area contributed by atoms with E-state index in [0.717, 1.165) is 5.57 Å².